The van der Waals surface area contributed by atoms with Crippen molar-refractivity contribution in [2.24, 2.45) is 0 Å². The molecule has 1 rings (SSSR count). The first-order valence-corrected chi connectivity index (χ1v) is 7.94. The number of carboxylic acids is 1. The molecule has 0 aromatic carbocycles. The number of aliphatic carboxylic acids is 1. The van der Waals surface area contributed by atoms with Gasteiger partial charge in [0.05, 0.1) is 12.5 Å². The lowest BCUT2D eigenvalue weighted by atomic mass is 9.88. The summed E-state index contributed by atoms with van der Waals surface area (Å²) in [6.07, 6.45) is -7.49. The van der Waals surface area contributed by atoms with Gasteiger partial charge in [-0.05, 0) is 0 Å². The molecule has 6 unspecified atom stereocenters. The average molecular weight is 393 g/mol. The van der Waals surface area contributed by atoms with E-state index >= 15 is 0 Å². The predicted molar refractivity (Wildman–Crippen MR) is 83.9 cm³/mol. The molecule has 12 heteroatoms. The Labute approximate surface area is 154 Å². The highest BCUT2D eigenvalue weighted by atomic mass is 16.7. The molecule has 1 aliphatic heterocycles. The fourth-order valence-electron chi connectivity index (χ4n) is 2.64. The molecule has 0 spiro atoms. The fraction of sp³-hybridized carbons (Fsp3) is 0.733. The number of ether oxygens (including phenoxy) is 3. The zero-order valence-electron chi connectivity index (χ0n) is 14.9. The lowest BCUT2D eigenvalue weighted by Crippen LogP contribution is -2.68. The van der Waals surface area contributed by atoms with Crippen LogP contribution < -0.4 is 5.32 Å². The van der Waals surface area contributed by atoms with E-state index < -0.39 is 73.1 Å². The molecule has 0 saturated carbocycles. The molecule has 12 nitrogen and oxygen atoms in total. The van der Waals surface area contributed by atoms with Gasteiger partial charge in [-0.3, -0.25) is 14.4 Å². The number of carboxylic acid groups (broad SMARTS) is 1. The van der Waals surface area contributed by atoms with Crippen molar-refractivity contribution in [1.29, 1.82) is 0 Å². The van der Waals surface area contributed by atoms with Crippen molar-refractivity contribution >= 4 is 23.8 Å². The maximum atomic E-state index is 11.5. The smallest absolute Gasteiger partial charge is 0.364 e. The molecule has 0 aromatic heterocycles. The Morgan fingerprint density at radius 3 is 2.22 bits per heavy atom. The van der Waals surface area contributed by atoms with Crippen molar-refractivity contribution < 1.29 is 53.8 Å². The van der Waals surface area contributed by atoms with E-state index in [0.717, 1.165) is 20.8 Å². The number of carbonyl (C=O) groups is 4. The third kappa shape index (κ3) is 6.13. The molecule has 27 heavy (non-hydrogen) atoms. The highest BCUT2D eigenvalue weighted by Crippen LogP contribution is 2.32. The van der Waals surface area contributed by atoms with Crippen LogP contribution in [0.1, 0.15) is 27.2 Å². The second-order valence-corrected chi connectivity index (χ2v) is 6.11. The number of nitrogens with one attached hydrogen (secondary N) is 1. The topological polar surface area (TPSA) is 189 Å². The molecule has 1 saturated heterocycles. The number of amides is 1. The van der Waals surface area contributed by atoms with Gasteiger partial charge in [0.2, 0.25) is 5.91 Å². The van der Waals surface area contributed by atoms with Gasteiger partial charge in [0.1, 0.15) is 31.0 Å². The molecule has 154 valence electrons. The van der Waals surface area contributed by atoms with E-state index in [-0.39, 0.29) is 0 Å². The monoisotopic (exact) mass is 393 g/mol. The molecule has 1 amide bonds. The van der Waals surface area contributed by atoms with Crippen LogP contribution in [0, 0.1) is 0 Å². The number of rotatable bonds is 7. The number of esters is 2. The van der Waals surface area contributed by atoms with Gasteiger partial charge in [-0.2, -0.15) is 0 Å². The predicted octanol–water partition coefficient (Wildman–Crippen LogP) is -2.73. The van der Waals surface area contributed by atoms with E-state index in [0.29, 0.717) is 0 Å². The molecular weight excluding hydrogens is 370 g/mol. The van der Waals surface area contributed by atoms with Crippen molar-refractivity contribution in [2.75, 3.05) is 6.61 Å². The van der Waals surface area contributed by atoms with E-state index in [1.807, 2.05) is 0 Å². The van der Waals surface area contributed by atoms with Crippen molar-refractivity contribution in [3.63, 3.8) is 0 Å². The zero-order valence-corrected chi connectivity index (χ0v) is 14.9. The highest BCUT2D eigenvalue weighted by molar-refractivity contribution is 5.76. The summed E-state index contributed by atoms with van der Waals surface area (Å²) in [4.78, 5) is 45.0. The van der Waals surface area contributed by atoms with Crippen LogP contribution in [0.15, 0.2) is 0 Å². The second-order valence-electron chi connectivity index (χ2n) is 6.11. The SMILES string of the molecule is CC(=O)NC1C(OC(C)=O)CC(O)(C(=O)O)OC1C(O)C(O)COC(C)=O. The number of hydrogen-bond acceptors (Lipinski definition) is 10. The van der Waals surface area contributed by atoms with E-state index in [4.69, 9.17) is 9.47 Å². The number of aliphatic hydroxyl groups is 3. The van der Waals surface area contributed by atoms with Crippen LogP contribution in [0.2, 0.25) is 0 Å². The molecule has 0 radical (unpaired) electrons. The van der Waals surface area contributed by atoms with Crippen LogP contribution in [0.5, 0.6) is 0 Å². The molecule has 1 fully saturated rings. The van der Waals surface area contributed by atoms with Gasteiger partial charge < -0.3 is 40.0 Å². The van der Waals surface area contributed by atoms with Gasteiger partial charge in [0, 0.05) is 20.8 Å². The molecule has 6 atom stereocenters. The van der Waals surface area contributed by atoms with Gasteiger partial charge in [-0.1, -0.05) is 0 Å². The highest BCUT2D eigenvalue weighted by Gasteiger charge is 2.55. The molecular formula is C15H23NO11. The van der Waals surface area contributed by atoms with Gasteiger partial charge in [0.15, 0.2) is 0 Å². The Kier molecular flexibility index (Phi) is 7.65. The van der Waals surface area contributed by atoms with Crippen molar-refractivity contribution in [3.8, 4) is 0 Å². The van der Waals surface area contributed by atoms with Gasteiger partial charge in [0.25, 0.3) is 5.79 Å². The minimum atomic E-state index is -2.86. The van der Waals surface area contributed by atoms with Crippen LogP contribution in [0.3, 0.4) is 0 Å². The zero-order chi connectivity index (χ0) is 20.9. The van der Waals surface area contributed by atoms with Crippen molar-refractivity contribution in [1.82, 2.24) is 5.32 Å². The number of hydrogen-bond donors (Lipinski definition) is 5. The third-order valence-corrected chi connectivity index (χ3v) is 3.77. The van der Waals surface area contributed by atoms with Crippen LogP contribution >= 0.6 is 0 Å². The van der Waals surface area contributed by atoms with Gasteiger partial charge in [-0.15, -0.1) is 0 Å². The molecule has 1 heterocycles. The first-order chi connectivity index (χ1) is 12.4. The Bertz CT molecular complexity index is 594. The minimum absolute atomic E-state index is 0.631. The Morgan fingerprint density at radius 2 is 1.78 bits per heavy atom. The average Bonchev–Trinajstić information content (AvgIpc) is 2.53. The molecule has 0 aromatic rings. The van der Waals surface area contributed by atoms with E-state index in [2.05, 4.69) is 10.1 Å². The summed E-state index contributed by atoms with van der Waals surface area (Å²) < 4.78 is 14.6. The summed E-state index contributed by atoms with van der Waals surface area (Å²) in [5.74, 6) is -6.90. The van der Waals surface area contributed by atoms with E-state index in [9.17, 15) is 39.6 Å². The maximum absolute atomic E-state index is 11.5. The van der Waals surface area contributed by atoms with Crippen LogP contribution in [0.4, 0.5) is 0 Å². The molecule has 0 aliphatic carbocycles. The fourth-order valence-corrected chi connectivity index (χ4v) is 2.64. The molecule has 5 N–H and O–H groups in total. The number of carbonyl (C=O) groups excluding carboxylic acids is 3. The Hall–Kier alpha value is -2.28. The van der Waals surface area contributed by atoms with Gasteiger partial charge in [-0.25, -0.2) is 4.79 Å². The first-order valence-electron chi connectivity index (χ1n) is 7.94. The molecule has 1 aliphatic rings. The normalized spacial score (nSPS) is 29.9. The summed E-state index contributed by atoms with van der Waals surface area (Å²) in [6.45, 7) is 2.55. The lowest BCUT2D eigenvalue weighted by Gasteiger charge is -2.45. The number of aliphatic hydroxyl groups excluding tert-OH is 2. The Morgan fingerprint density at radius 1 is 1.19 bits per heavy atom. The summed E-state index contributed by atoms with van der Waals surface area (Å²) in [7, 11) is 0. The van der Waals surface area contributed by atoms with Crippen molar-refractivity contribution in [3.05, 3.63) is 0 Å². The van der Waals surface area contributed by atoms with Crippen molar-refractivity contribution in [2.45, 2.75) is 63.4 Å². The molecule has 0 bridgehead atoms. The summed E-state index contributed by atoms with van der Waals surface area (Å²) in [5.41, 5.74) is 0. The minimum Gasteiger partial charge on any atom is -0.477 e. The van der Waals surface area contributed by atoms with Crippen LogP contribution in [-0.4, -0.2) is 87.1 Å². The van der Waals surface area contributed by atoms with E-state index in [1.54, 1.807) is 0 Å². The summed E-state index contributed by atoms with van der Waals surface area (Å²) in [6, 6.07) is -1.30. The van der Waals surface area contributed by atoms with Crippen LogP contribution in [-0.2, 0) is 33.4 Å². The quantitative estimate of drug-likeness (QED) is 0.282. The van der Waals surface area contributed by atoms with Gasteiger partial charge >= 0.3 is 17.9 Å². The lowest BCUT2D eigenvalue weighted by molar-refractivity contribution is -0.296. The summed E-state index contributed by atoms with van der Waals surface area (Å²) >= 11 is 0. The van der Waals surface area contributed by atoms with E-state index in [1.165, 1.54) is 0 Å². The standard InChI is InChI=1S/C15H23NO11/c1-6(17)16-11-10(26-8(3)19)4-15(24,14(22)23)27-13(11)12(21)9(20)5-25-7(2)18/h9-13,20-21,24H,4-5H2,1-3H3,(H,16,17)(H,22,23). The second kappa shape index (κ2) is 9.08. The van der Waals surface area contributed by atoms with Crippen LogP contribution in [0.25, 0.3) is 0 Å². The summed E-state index contributed by atoms with van der Waals surface area (Å²) in [5, 5.41) is 42.1. The first kappa shape index (κ1) is 22.8. The largest absolute Gasteiger partial charge is 0.477 e. The third-order valence-electron chi connectivity index (χ3n) is 3.77. The Balaban J connectivity index is 3.20. The maximum Gasteiger partial charge on any atom is 0.364 e.